The van der Waals surface area contributed by atoms with E-state index in [4.69, 9.17) is 0 Å². The van der Waals surface area contributed by atoms with Gasteiger partial charge in [-0.25, -0.2) is 0 Å². The molecule has 2 rings (SSSR count). The molecule has 17 heavy (non-hydrogen) atoms. The van der Waals surface area contributed by atoms with Crippen LogP contribution in [0.3, 0.4) is 0 Å². The number of halogens is 1. The first-order valence-corrected chi connectivity index (χ1v) is 5.54. The molecule has 4 nitrogen and oxygen atoms in total. The van der Waals surface area contributed by atoms with Crippen molar-refractivity contribution in [1.82, 2.24) is 5.32 Å². The number of carbonyl (C=O) groups is 1. The molecule has 0 aliphatic carbocycles. The molecule has 1 saturated heterocycles. The number of benzene rings is 1. The highest BCUT2D eigenvalue weighted by Crippen LogP contribution is 2.22. The summed E-state index contributed by atoms with van der Waals surface area (Å²) in [5, 5.41) is 15.4. The number of phenols is 1. The molecule has 0 aromatic heterocycles. The van der Waals surface area contributed by atoms with Crippen LogP contribution in [-0.4, -0.2) is 24.1 Å². The zero-order chi connectivity index (χ0) is 11.4. The molecule has 0 bridgehead atoms. The van der Waals surface area contributed by atoms with Gasteiger partial charge in [-0.2, -0.15) is 0 Å². The molecule has 5 heteroatoms. The molecule has 1 aliphatic heterocycles. The van der Waals surface area contributed by atoms with Gasteiger partial charge in [-0.05, 0) is 37.6 Å². The van der Waals surface area contributed by atoms with Gasteiger partial charge in [0.2, 0.25) is 5.91 Å². The SMILES string of the molecule is Cl.O=C(CC1CCNC1)Nc1ccccc1O. The molecule has 94 valence electrons. The van der Waals surface area contributed by atoms with Gasteiger partial charge in [0.25, 0.3) is 0 Å². The van der Waals surface area contributed by atoms with Gasteiger partial charge in [0.15, 0.2) is 0 Å². The van der Waals surface area contributed by atoms with Crippen molar-refractivity contribution in [2.45, 2.75) is 12.8 Å². The Morgan fingerprint density at radius 1 is 1.47 bits per heavy atom. The fourth-order valence-electron chi connectivity index (χ4n) is 1.93. The van der Waals surface area contributed by atoms with Gasteiger partial charge < -0.3 is 15.7 Å². The Bertz CT molecular complexity index is 379. The number of phenolic OH excluding ortho intramolecular Hbond substituents is 1. The number of hydrogen-bond acceptors (Lipinski definition) is 3. The molecule has 3 N–H and O–H groups in total. The van der Waals surface area contributed by atoms with E-state index >= 15 is 0 Å². The zero-order valence-electron chi connectivity index (χ0n) is 9.48. The maximum Gasteiger partial charge on any atom is 0.224 e. The second kappa shape index (κ2) is 6.47. The van der Waals surface area contributed by atoms with Crippen molar-refractivity contribution >= 4 is 24.0 Å². The number of carbonyl (C=O) groups excluding carboxylic acids is 1. The first-order valence-electron chi connectivity index (χ1n) is 5.54. The Labute approximate surface area is 107 Å². The van der Waals surface area contributed by atoms with Crippen molar-refractivity contribution in [3.8, 4) is 5.75 Å². The third kappa shape index (κ3) is 3.91. The van der Waals surface area contributed by atoms with Gasteiger partial charge >= 0.3 is 0 Å². The lowest BCUT2D eigenvalue weighted by atomic mass is 10.0. The van der Waals surface area contributed by atoms with E-state index in [0.717, 1.165) is 19.5 Å². The van der Waals surface area contributed by atoms with Crippen LogP contribution in [0.25, 0.3) is 0 Å². The van der Waals surface area contributed by atoms with Crippen LogP contribution in [0.1, 0.15) is 12.8 Å². The van der Waals surface area contributed by atoms with E-state index in [1.165, 1.54) is 0 Å². The lowest BCUT2D eigenvalue weighted by Crippen LogP contribution is -2.18. The van der Waals surface area contributed by atoms with Crippen LogP contribution >= 0.6 is 12.4 Å². The minimum atomic E-state index is -0.0322. The third-order valence-electron chi connectivity index (χ3n) is 2.81. The minimum absolute atomic E-state index is 0. The van der Waals surface area contributed by atoms with Crippen molar-refractivity contribution in [3.63, 3.8) is 0 Å². The van der Waals surface area contributed by atoms with Gasteiger partial charge in [0.05, 0.1) is 5.69 Å². The monoisotopic (exact) mass is 256 g/mol. The molecule has 1 unspecified atom stereocenters. The number of anilines is 1. The quantitative estimate of drug-likeness (QED) is 0.722. The van der Waals surface area contributed by atoms with E-state index in [1.807, 2.05) is 0 Å². The Kier molecular flexibility index (Phi) is 5.25. The average Bonchev–Trinajstić information content (AvgIpc) is 2.74. The summed E-state index contributed by atoms with van der Waals surface area (Å²) >= 11 is 0. The predicted molar refractivity (Wildman–Crippen MR) is 69.6 cm³/mol. The number of hydrogen-bond donors (Lipinski definition) is 3. The summed E-state index contributed by atoms with van der Waals surface area (Å²) in [6.07, 6.45) is 1.57. The predicted octanol–water partition coefficient (Wildman–Crippen LogP) is 1.75. The van der Waals surface area contributed by atoms with Gasteiger partial charge in [-0.15, -0.1) is 12.4 Å². The number of aromatic hydroxyl groups is 1. The van der Waals surface area contributed by atoms with E-state index < -0.39 is 0 Å². The molecule has 1 atom stereocenters. The maximum absolute atomic E-state index is 11.7. The summed E-state index contributed by atoms with van der Waals surface area (Å²) in [6.45, 7) is 1.91. The first kappa shape index (κ1) is 13.8. The van der Waals surface area contributed by atoms with Gasteiger partial charge in [-0.1, -0.05) is 12.1 Å². The fourth-order valence-corrected chi connectivity index (χ4v) is 1.93. The van der Waals surface area contributed by atoms with Crippen LogP contribution in [0.4, 0.5) is 5.69 Å². The molecule has 0 radical (unpaired) electrons. The van der Waals surface area contributed by atoms with Crippen molar-refractivity contribution in [2.24, 2.45) is 5.92 Å². The van der Waals surface area contributed by atoms with Crippen LogP contribution in [-0.2, 0) is 4.79 Å². The van der Waals surface area contributed by atoms with Crippen molar-refractivity contribution in [1.29, 1.82) is 0 Å². The summed E-state index contributed by atoms with van der Waals surface area (Å²) in [5.41, 5.74) is 0.485. The number of rotatable bonds is 3. The molecule has 1 fully saturated rings. The van der Waals surface area contributed by atoms with E-state index in [9.17, 15) is 9.90 Å². The molecule has 0 saturated carbocycles. The normalized spacial score (nSPS) is 18.5. The van der Waals surface area contributed by atoms with Crippen molar-refractivity contribution < 1.29 is 9.90 Å². The smallest absolute Gasteiger partial charge is 0.224 e. The summed E-state index contributed by atoms with van der Waals surface area (Å²) in [4.78, 5) is 11.7. The van der Waals surface area contributed by atoms with Crippen LogP contribution in [0.15, 0.2) is 24.3 Å². The molecular weight excluding hydrogens is 240 g/mol. The average molecular weight is 257 g/mol. The molecule has 1 aromatic rings. The first-order chi connectivity index (χ1) is 7.75. The number of para-hydroxylation sites is 2. The van der Waals surface area contributed by atoms with E-state index in [1.54, 1.807) is 24.3 Å². The summed E-state index contributed by atoms with van der Waals surface area (Å²) < 4.78 is 0. The van der Waals surface area contributed by atoms with Crippen molar-refractivity contribution in [2.75, 3.05) is 18.4 Å². The lowest BCUT2D eigenvalue weighted by Gasteiger charge is -2.09. The highest BCUT2D eigenvalue weighted by molar-refractivity contribution is 5.92. The second-order valence-corrected chi connectivity index (χ2v) is 4.13. The maximum atomic E-state index is 11.7. The van der Waals surface area contributed by atoms with Crippen LogP contribution in [0.2, 0.25) is 0 Å². The number of amides is 1. The van der Waals surface area contributed by atoms with Crippen LogP contribution in [0, 0.1) is 5.92 Å². The van der Waals surface area contributed by atoms with Crippen LogP contribution in [0.5, 0.6) is 5.75 Å². The Hall–Kier alpha value is -1.26. The molecule has 1 aliphatic rings. The van der Waals surface area contributed by atoms with Gasteiger partial charge in [0, 0.05) is 6.42 Å². The van der Waals surface area contributed by atoms with E-state index in [2.05, 4.69) is 10.6 Å². The Morgan fingerprint density at radius 3 is 2.88 bits per heavy atom. The van der Waals surface area contributed by atoms with Crippen LogP contribution < -0.4 is 10.6 Å². The molecular formula is C12H17ClN2O2. The Balaban J connectivity index is 0.00000144. The molecule has 0 spiro atoms. The highest BCUT2D eigenvalue weighted by atomic mass is 35.5. The number of nitrogens with one attached hydrogen (secondary N) is 2. The highest BCUT2D eigenvalue weighted by Gasteiger charge is 2.18. The minimum Gasteiger partial charge on any atom is -0.506 e. The second-order valence-electron chi connectivity index (χ2n) is 4.13. The summed E-state index contributed by atoms with van der Waals surface area (Å²) in [7, 11) is 0. The molecule has 1 amide bonds. The fraction of sp³-hybridized carbons (Fsp3) is 0.417. The summed E-state index contributed by atoms with van der Waals surface area (Å²) in [5.74, 6) is 0.501. The molecule has 1 aromatic carbocycles. The zero-order valence-corrected chi connectivity index (χ0v) is 10.3. The lowest BCUT2D eigenvalue weighted by molar-refractivity contribution is -0.117. The standard InChI is InChI=1S/C12H16N2O2.ClH/c15-11-4-2-1-3-10(11)14-12(16)7-9-5-6-13-8-9;/h1-4,9,13,15H,5-8H2,(H,14,16);1H. The van der Waals surface area contributed by atoms with E-state index in [-0.39, 0.29) is 24.1 Å². The molecule has 1 heterocycles. The van der Waals surface area contributed by atoms with Gasteiger partial charge in [0.1, 0.15) is 5.75 Å². The third-order valence-corrected chi connectivity index (χ3v) is 2.81. The Morgan fingerprint density at radius 2 is 2.24 bits per heavy atom. The van der Waals surface area contributed by atoms with Gasteiger partial charge in [-0.3, -0.25) is 4.79 Å². The van der Waals surface area contributed by atoms with Crippen molar-refractivity contribution in [3.05, 3.63) is 24.3 Å². The van der Waals surface area contributed by atoms with E-state index in [0.29, 0.717) is 18.0 Å². The topological polar surface area (TPSA) is 61.4 Å². The largest absolute Gasteiger partial charge is 0.506 e. The summed E-state index contributed by atoms with van der Waals surface area (Å²) in [6, 6.07) is 6.77.